The Morgan fingerprint density at radius 1 is 1.67 bits per heavy atom. The van der Waals surface area contributed by atoms with Crippen LogP contribution in [0.3, 0.4) is 0 Å². The van der Waals surface area contributed by atoms with Crippen LogP contribution < -0.4 is 0 Å². The average Bonchev–Trinajstić information content (AvgIpc) is 1.88. The lowest BCUT2D eigenvalue weighted by atomic mass is 9.96. The second kappa shape index (κ2) is 5.42. The molecule has 0 aromatic heterocycles. The molecule has 0 saturated carbocycles. The number of rotatable bonds is 3. The molecule has 0 aromatic carbocycles. The van der Waals surface area contributed by atoms with Crippen molar-refractivity contribution in [2.45, 2.75) is 13.2 Å². The van der Waals surface area contributed by atoms with Gasteiger partial charge in [0.05, 0.1) is 0 Å². The topological polar surface area (TPSA) is 0 Å². The SMILES string of the molecule is BCC(/C=C\C)=C/C=C. The Morgan fingerprint density at radius 3 is 2.67 bits per heavy atom. The molecule has 0 saturated heterocycles. The van der Waals surface area contributed by atoms with E-state index in [-0.39, 0.29) is 0 Å². The highest BCUT2D eigenvalue weighted by Crippen LogP contribution is 2.00. The molecule has 0 aliphatic carbocycles. The van der Waals surface area contributed by atoms with E-state index in [1.54, 1.807) is 0 Å². The van der Waals surface area contributed by atoms with Crippen LogP contribution in [0.2, 0.25) is 6.32 Å². The maximum atomic E-state index is 3.62. The van der Waals surface area contributed by atoms with E-state index in [1.165, 1.54) is 5.57 Å². The molecule has 0 N–H and O–H groups in total. The molecule has 0 bridgehead atoms. The van der Waals surface area contributed by atoms with Gasteiger partial charge >= 0.3 is 0 Å². The molecule has 0 nitrogen and oxygen atoms in total. The van der Waals surface area contributed by atoms with Crippen LogP contribution in [0.5, 0.6) is 0 Å². The normalized spacial score (nSPS) is 12.3. The highest BCUT2D eigenvalue weighted by molar-refractivity contribution is 6.10. The maximum absolute atomic E-state index is 3.62. The van der Waals surface area contributed by atoms with Gasteiger partial charge in [-0.05, 0) is 6.92 Å². The van der Waals surface area contributed by atoms with Gasteiger partial charge in [0.15, 0.2) is 0 Å². The lowest BCUT2D eigenvalue weighted by molar-refractivity contribution is 1.49. The molecule has 0 amide bonds. The number of allylic oxidation sites excluding steroid dienone is 5. The van der Waals surface area contributed by atoms with E-state index in [2.05, 4.69) is 20.5 Å². The van der Waals surface area contributed by atoms with Crippen LogP contribution in [0.1, 0.15) is 6.92 Å². The number of hydrogen-bond acceptors (Lipinski definition) is 0. The maximum Gasteiger partial charge on any atom is 0.107 e. The third-order valence-electron chi connectivity index (χ3n) is 1.12. The largest absolute Gasteiger partial charge is 0.107 e. The minimum absolute atomic E-state index is 1.08. The first-order valence-electron chi connectivity index (χ1n) is 3.29. The van der Waals surface area contributed by atoms with E-state index >= 15 is 0 Å². The monoisotopic (exact) mass is 120 g/mol. The summed E-state index contributed by atoms with van der Waals surface area (Å²) in [5.41, 5.74) is 1.33. The van der Waals surface area contributed by atoms with Gasteiger partial charge in [-0.3, -0.25) is 0 Å². The Morgan fingerprint density at radius 2 is 2.33 bits per heavy atom. The van der Waals surface area contributed by atoms with Crippen molar-refractivity contribution < 1.29 is 0 Å². The molecule has 0 radical (unpaired) electrons. The van der Waals surface area contributed by atoms with Gasteiger partial charge in [-0.2, -0.15) is 0 Å². The molecule has 9 heavy (non-hydrogen) atoms. The van der Waals surface area contributed by atoms with E-state index < -0.39 is 0 Å². The van der Waals surface area contributed by atoms with Gasteiger partial charge in [0.25, 0.3) is 0 Å². The number of hydrogen-bond donors (Lipinski definition) is 0. The van der Waals surface area contributed by atoms with Crippen LogP contribution >= 0.6 is 0 Å². The molecule has 0 atom stereocenters. The molecule has 0 aromatic rings. The van der Waals surface area contributed by atoms with Crippen molar-refractivity contribution in [3.63, 3.8) is 0 Å². The Hall–Kier alpha value is -0.715. The molecule has 48 valence electrons. The highest BCUT2D eigenvalue weighted by Gasteiger charge is 1.81. The van der Waals surface area contributed by atoms with Crippen molar-refractivity contribution in [2.24, 2.45) is 0 Å². The van der Waals surface area contributed by atoms with E-state index in [1.807, 2.05) is 25.2 Å². The van der Waals surface area contributed by atoms with Crippen LogP contribution in [-0.2, 0) is 0 Å². The fraction of sp³-hybridized carbons (Fsp3) is 0.250. The van der Waals surface area contributed by atoms with Gasteiger partial charge in [0.2, 0.25) is 0 Å². The van der Waals surface area contributed by atoms with Crippen molar-refractivity contribution in [3.05, 3.63) is 36.5 Å². The summed E-state index contributed by atoms with van der Waals surface area (Å²) < 4.78 is 0. The Labute approximate surface area is 58.4 Å². The molecule has 0 rings (SSSR count). The van der Waals surface area contributed by atoms with Gasteiger partial charge in [-0.25, -0.2) is 0 Å². The summed E-state index contributed by atoms with van der Waals surface area (Å²) in [6, 6.07) is 0. The lowest BCUT2D eigenvalue weighted by Gasteiger charge is -1.90. The Balaban J connectivity index is 3.96. The lowest BCUT2D eigenvalue weighted by Crippen LogP contribution is -1.73. The van der Waals surface area contributed by atoms with Crippen molar-refractivity contribution in [1.29, 1.82) is 0 Å². The summed E-state index contributed by atoms with van der Waals surface area (Å²) in [5, 5.41) is 0. The van der Waals surface area contributed by atoms with E-state index in [0.29, 0.717) is 0 Å². The fourth-order valence-electron chi connectivity index (χ4n) is 0.657. The molecule has 0 spiro atoms. The molecule has 0 unspecified atom stereocenters. The molecule has 0 heterocycles. The predicted octanol–water partition coefficient (Wildman–Crippen LogP) is 1.73. The molecular formula is C8H13B. The average molecular weight is 120 g/mol. The van der Waals surface area contributed by atoms with Crippen molar-refractivity contribution in [1.82, 2.24) is 0 Å². The highest BCUT2D eigenvalue weighted by atomic mass is 13.8. The summed E-state index contributed by atoms with van der Waals surface area (Å²) in [5.74, 6) is 0. The van der Waals surface area contributed by atoms with Crippen LogP contribution in [-0.4, -0.2) is 7.85 Å². The molecule has 0 fully saturated rings. The van der Waals surface area contributed by atoms with Crippen LogP contribution in [0.15, 0.2) is 36.5 Å². The van der Waals surface area contributed by atoms with Gasteiger partial charge < -0.3 is 0 Å². The van der Waals surface area contributed by atoms with Crippen molar-refractivity contribution >= 4 is 7.85 Å². The first-order chi connectivity index (χ1) is 4.35. The summed E-state index contributed by atoms with van der Waals surface area (Å²) in [6.45, 7) is 5.64. The van der Waals surface area contributed by atoms with E-state index in [4.69, 9.17) is 0 Å². The minimum Gasteiger partial charge on any atom is -0.0991 e. The first-order valence-corrected chi connectivity index (χ1v) is 3.29. The van der Waals surface area contributed by atoms with Gasteiger partial charge in [0, 0.05) is 0 Å². The zero-order chi connectivity index (χ0) is 7.11. The molecular weight excluding hydrogens is 107 g/mol. The first kappa shape index (κ1) is 8.28. The molecule has 0 aliphatic rings. The van der Waals surface area contributed by atoms with E-state index in [9.17, 15) is 0 Å². The fourth-order valence-corrected chi connectivity index (χ4v) is 0.657. The Bertz CT molecular complexity index is 132. The summed E-state index contributed by atoms with van der Waals surface area (Å²) in [7, 11) is 2.13. The van der Waals surface area contributed by atoms with Crippen LogP contribution in [0.4, 0.5) is 0 Å². The molecule has 0 aliphatic heterocycles. The molecule has 1 heteroatoms. The summed E-state index contributed by atoms with van der Waals surface area (Å²) in [4.78, 5) is 0. The van der Waals surface area contributed by atoms with Crippen LogP contribution in [0, 0.1) is 0 Å². The Kier molecular flexibility index (Phi) is 4.99. The second-order valence-electron chi connectivity index (χ2n) is 1.83. The quantitative estimate of drug-likeness (QED) is 0.393. The van der Waals surface area contributed by atoms with Gasteiger partial charge in [0.1, 0.15) is 7.85 Å². The smallest absolute Gasteiger partial charge is 0.0991 e. The second-order valence-corrected chi connectivity index (χ2v) is 1.83. The third-order valence-corrected chi connectivity index (χ3v) is 1.12. The zero-order valence-corrected chi connectivity index (χ0v) is 6.22. The minimum atomic E-state index is 1.08. The predicted molar refractivity (Wildman–Crippen MR) is 46.4 cm³/mol. The van der Waals surface area contributed by atoms with Crippen molar-refractivity contribution in [2.75, 3.05) is 0 Å². The van der Waals surface area contributed by atoms with Gasteiger partial charge in [-0.1, -0.05) is 42.8 Å². The standard InChI is InChI=1S/C8H13B/c1-3-5-8(7-9)6-4-2/h3-6H,1,7,9H2,2H3/b6-4-,8-5+. The summed E-state index contributed by atoms with van der Waals surface area (Å²) >= 11 is 0. The van der Waals surface area contributed by atoms with Crippen LogP contribution in [0.25, 0.3) is 0 Å². The van der Waals surface area contributed by atoms with Crippen molar-refractivity contribution in [3.8, 4) is 0 Å². The third kappa shape index (κ3) is 3.83. The summed E-state index contributed by atoms with van der Waals surface area (Å²) in [6.07, 6.45) is 9.07. The van der Waals surface area contributed by atoms with E-state index in [0.717, 1.165) is 6.32 Å². The zero-order valence-electron chi connectivity index (χ0n) is 6.22. The van der Waals surface area contributed by atoms with Gasteiger partial charge in [-0.15, -0.1) is 0 Å².